The van der Waals surface area contributed by atoms with Gasteiger partial charge in [-0.15, -0.1) is 0 Å². The smallest absolute Gasteiger partial charge is 0.278 e. The van der Waals surface area contributed by atoms with Gasteiger partial charge >= 0.3 is 7.82 Å². The van der Waals surface area contributed by atoms with Crippen molar-refractivity contribution in [2.45, 2.75) is 26.4 Å². The van der Waals surface area contributed by atoms with E-state index in [4.69, 9.17) is 0 Å². The quantitative estimate of drug-likeness (QED) is 0.641. The molecule has 4 nitrogen and oxygen atoms in total. The van der Waals surface area contributed by atoms with Gasteiger partial charge in [-0.2, -0.15) is 0 Å². The fraction of sp³-hybridized carbons (Fsp3) is 1.00. The van der Waals surface area contributed by atoms with E-state index < -0.39 is 13.4 Å². The Morgan fingerprint density at radius 1 is 1.18 bits per heavy atom. The zero-order valence-electron chi connectivity index (χ0n) is 6.34. The molecule has 0 spiro atoms. The van der Waals surface area contributed by atoms with Gasteiger partial charge < -0.3 is 0 Å². The van der Waals surface area contributed by atoms with E-state index in [0.29, 0.717) is 0 Å². The van der Waals surface area contributed by atoms with E-state index in [2.05, 4.69) is 14.0 Å². The third kappa shape index (κ3) is 4.42. The molecule has 11 heavy (non-hydrogen) atoms. The van der Waals surface area contributed by atoms with Crippen LogP contribution in [0.5, 0.6) is 0 Å². The minimum Gasteiger partial charge on any atom is -0.278 e. The minimum absolute atomic E-state index is 1.01. The molecule has 0 saturated carbocycles. The Bertz CT molecular complexity index is 158. The van der Waals surface area contributed by atoms with E-state index in [1.807, 2.05) is 0 Å². The van der Waals surface area contributed by atoms with Crippen molar-refractivity contribution in [3.63, 3.8) is 0 Å². The van der Waals surface area contributed by atoms with Gasteiger partial charge in [0, 0.05) is 0 Å². The molecule has 0 amide bonds. The lowest BCUT2D eigenvalue weighted by Gasteiger charge is -2.20. The minimum atomic E-state index is -4.64. The third-order valence-corrected chi connectivity index (χ3v) is 1.66. The van der Waals surface area contributed by atoms with Crippen molar-refractivity contribution < 1.29 is 27.6 Å². The Morgan fingerprint density at radius 2 is 1.55 bits per heavy atom. The van der Waals surface area contributed by atoms with Gasteiger partial charge in [0.25, 0.3) is 0 Å². The zero-order valence-corrected chi connectivity index (χ0v) is 7.23. The molecule has 0 heterocycles. The van der Waals surface area contributed by atoms with Crippen molar-refractivity contribution in [1.82, 2.24) is 0 Å². The van der Waals surface area contributed by atoms with E-state index >= 15 is 0 Å². The summed E-state index contributed by atoms with van der Waals surface area (Å²) in [5.41, 5.74) is -1.01. The van der Waals surface area contributed by atoms with Crippen LogP contribution in [0.4, 0.5) is 9.05 Å². The van der Waals surface area contributed by atoms with E-state index in [-0.39, 0.29) is 0 Å². The molecule has 0 rings (SSSR count). The maximum atomic E-state index is 11.3. The molecule has 0 aliphatic carbocycles. The third-order valence-electron chi connectivity index (χ3n) is 0.555. The predicted octanol–water partition coefficient (Wildman–Crippen LogP) is 2.71. The highest BCUT2D eigenvalue weighted by Gasteiger charge is 2.35. The number of hydrogen-bond donors (Lipinski definition) is 0. The van der Waals surface area contributed by atoms with Gasteiger partial charge in [-0.05, 0) is 29.8 Å². The van der Waals surface area contributed by atoms with Gasteiger partial charge in [-0.25, -0.2) is 4.57 Å². The van der Waals surface area contributed by atoms with Gasteiger partial charge in [-0.3, -0.25) is 4.52 Å². The first-order valence-corrected chi connectivity index (χ1v) is 4.20. The second-order valence-corrected chi connectivity index (χ2v) is 4.14. The highest BCUT2D eigenvalue weighted by Crippen LogP contribution is 2.53. The van der Waals surface area contributed by atoms with Gasteiger partial charge in [0.2, 0.25) is 0 Å². The molecule has 0 aliphatic heterocycles. The molecule has 68 valence electrons. The van der Waals surface area contributed by atoms with Crippen molar-refractivity contribution in [2.75, 3.05) is 0 Å². The number of hydrogen-bond acceptors (Lipinski definition) is 4. The summed E-state index contributed by atoms with van der Waals surface area (Å²) in [6.45, 7) is 4.33. The SMILES string of the molecule is CC(C)(C)OP(=O)(OF)OF. The Balaban J connectivity index is 4.21. The maximum absolute atomic E-state index is 11.3. The van der Waals surface area contributed by atoms with Crippen LogP contribution in [-0.2, 0) is 18.5 Å². The standard InChI is InChI=1S/C4H9F2O4P/c1-4(2,3)8-11(7,9-5)10-6/h1-3H3. The second-order valence-electron chi connectivity index (χ2n) is 2.79. The monoisotopic (exact) mass is 190 g/mol. The molecule has 0 aromatic carbocycles. The lowest BCUT2D eigenvalue weighted by atomic mass is 10.2. The Kier molecular flexibility index (Phi) is 3.57. The van der Waals surface area contributed by atoms with Crippen molar-refractivity contribution >= 4 is 7.82 Å². The van der Waals surface area contributed by atoms with Crippen molar-refractivity contribution in [3.8, 4) is 0 Å². The number of phosphoric acid groups is 1. The lowest BCUT2D eigenvalue weighted by molar-refractivity contribution is -0.131. The number of halogens is 2. The lowest BCUT2D eigenvalue weighted by Crippen LogP contribution is -2.17. The molecule has 0 fully saturated rings. The van der Waals surface area contributed by atoms with Crippen LogP contribution in [0.3, 0.4) is 0 Å². The molecule has 0 atom stereocenters. The highest BCUT2D eigenvalue weighted by atomic mass is 31.2. The molecule has 0 aromatic heterocycles. The topological polar surface area (TPSA) is 44.8 Å². The first-order valence-electron chi connectivity index (χ1n) is 2.74. The fourth-order valence-electron chi connectivity index (χ4n) is 0.374. The first-order chi connectivity index (χ1) is 4.83. The van der Waals surface area contributed by atoms with Crippen LogP contribution in [0, 0.1) is 0 Å². The van der Waals surface area contributed by atoms with Crippen molar-refractivity contribution in [2.24, 2.45) is 0 Å². The van der Waals surface area contributed by atoms with Crippen LogP contribution in [-0.4, -0.2) is 5.60 Å². The van der Waals surface area contributed by atoms with E-state index in [1.54, 1.807) is 0 Å². The van der Waals surface area contributed by atoms with E-state index in [0.717, 1.165) is 0 Å². The summed E-state index contributed by atoms with van der Waals surface area (Å²) in [5.74, 6) is 0. The van der Waals surface area contributed by atoms with Crippen LogP contribution in [0.2, 0.25) is 0 Å². The molecule has 0 N–H and O–H groups in total. The summed E-state index contributed by atoms with van der Waals surface area (Å²) in [7, 11) is -4.64. The fourth-order valence-corrected chi connectivity index (χ4v) is 1.12. The van der Waals surface area contributed by atoms with Crippen LogP contribution < -0.4 is 0 Å². The largest absolute Gasteiger partial charge is 0.537 e. The summed E-state index contributed by atoms with van der Waals surface area (Å²) >= 11 is 0. The summed E-state index contributed by atoms with van der Waals surface area (Å²) in [5, 5.41) is 0. The molecule has 7 heteroatoms. The van der Waals surface area contributed by atoms with E-state index in [9.17, 15) is 13.6 Å². The maximum Gasteiger partial charge on any atom is 0.537 e. The molecule has 0 unspecified atom stereocenters. The number of rotatable bonds is 3. The Morgan fingerprint density at radius 3 is 1.64 bits per heavy atom. The molecule has 0 saturated heterocycles. The Labute approximate surface area is 62.9 Å². The molecule has 0 bridgehead atoms. The molecule has 0 aliphatic rings. The van der Waals surface area contributed by atoms with Crippen LogP contribution in [0.25, 0.3) is 0 Å². The van der Waals surface area contributed by atoms with Gasteiger partial charge in [0.05, 0.1) is 5.60 Å². The second kappa shape index (κ2) is 3.58. The predicted molar refractivity (Wildman–Crippen MR) is 32.8 cm³/mol. The molecular formula is C4H9F2O4P. The summed E-state index contributed by atoms with van der Waals surface area (Å²) in [6.07, 6.45) is 0. The first kappa shape index (κ1) is 11.0. The van der Waals surface area contributed by atoms with Crippen molar-refractivity contribution in [3.05, 3.63) is 0 Å². The average molecular weight is 190 g/mol. The van der Waals surface area contributed by atoms with Crippen LogP contribution in [0.15, 0.2) is 0 Å². The Hall–Kier alpha value is -0.0300. The molecule has 0 aromatic rings. The average Bonchev–Trinajstić information content (AvgIpc) is 1.84. The van der Waals surface area contributed by atoms with Crippen molar-refractivity contribution in [1.29, 1.82) is 0 Å². The van der Waals surface area contributed by atoms with Gasteiger partial charge in [0.15, 0.2) is 0 Å². The highest BCUT2D eigenvalue weighted by molar-refractivity contribution is 7.48. The van der Waals surface area contributed by atoms with Crippen LogP contribution >= 0.6 is 7.82 Å². The van der Waals surface area contributed by atoms with Gasteiger partial charge in [0.1, 0.15) is 0 Å². The van der Waals surface area contributed by atoms with Gasteiger partial charge in [-0.1, -0.05) is 9.46 Å². The summed E-state index contributed by atoms with van der Waals surface area (Å²) in [6, 6.07) is 0. The summed E-state index contributed by atoms with van der Waals surface area (Å²) < 4.78 is 42.9. The normalized spacial score (nSPS) is 13.5. The molecule has 0 radical (unpaired) electrons. The zero-order chi connectivity index (χ0) is 9.12. The van der Waals surface area contributed by atoms with E-state index in [1.165, 1.54) is 20.8 Å². The summed E-state index contributed by atoms with van der Waals surface area (Å²) in [4.78, 5) is 0. The molecular weight excluding hydrogens is 181 g/mol. The van der Waals surface area contributed by atoms with Crippen LogP contribution in [0.1, 0.15) is 20.8 Å².